The number of anilines is 1. The fraction of sp³-hybridized carbons (Fsp3) is 0.476. The van der Waals surface area contributed by atoms with Crippen molar-refractivity contribution in [3.05, 3.63) is 36.3 Å². The highest BCUT2D eigenvalue weighted by Gasteiger charge is 2.43. The van der Waals surface area contributed by atoms with E-state index in [0.29, 0.717) is 23.3 Å². The van der Waals surface area contributed by atoms with Crippen molar-refractivity contribution < 1.29 is 19.3 Å². The molecular weight excluding hydrogens is 386 g/mol. The zero-order valence-electron chi connectivity index (χ0n) is 16.6. The van der Waals surface area contributed by atoms with Crippen LogP contribution in [0.1, 0.15) is 18.5 Å². The van der Waals surface area contributed by atoms with Gasteiger partial charge in [-0.25, -0.2) is 0 Å². The predicted molar refractivity (Wildman–Crippen MR) is 107 cm³/mol. The van der Waals surface area contributed by atoms with Gasteiger partial charge in [0, 0.05) is 19.2 Å². The van der Waals surface area contributed by atoms with Crippen LogP contribution in [0.4, 0.5) is 5.69 Å². The van der Waals surface area contributed by atoms with E-state index in [9.17, 15) is 5.11 Å². The number of hydrogen-bond donors (Lipinski definition) is 1. The van der Waals surface area contributed by atoms with Gasteiger partial charge in [0.1, 0.15) is 18.2 Å². The molecule has 1 saturated heterocycles. The van der Waals surface area contributed by atoms with Crippen LogP contribution in [0, 0.1) is 18.8 Å². The van der Waals surface area contributed by atoms with Crippen LogP contribution in [-0.4, -0.2) is 57.0 Å². The lowest BCUT2D eigenvalue weighted by Crippen LogP contribution is -2.42. The zero-order chi connectivity index (χ0) is 20.2. The predicted octanol–water partition coefficient (Wildman–Crippen LogP) is 1.82. The number of aliphatic hydroxyl groups excluding tert-OH is 1. The summed E-state index contributed by atoms with van der Waals surface area (Å²) >= 11 is 0. The van der Waals surface area contributed by atoms with Crippen molar-refractivity contribution in [3.63, 3.8) is 0 Å². The molecule has 6 rings (SSSR count). The molecule has 3 aromatic rings. The van der Waals surface area contributed by atoms with Crippen molar-refractivity contribution >= 4 is 11.3 Å². The molecule has 0 amide bonds. The van der Waals surface area contributed by atoms with Gasteiger partial charge in [-0.2, -0.15) is 9.61 Å². The van der Waals surface area contributed by atoms with Gasteiger partial charge < -0.3 is 24.2 Å². The van der Waals surface area contributed by atoms with Gasteiger partial charge in [-0.1, -0.05) is 0 Å². The second kappa shape index (κ2) is 6.73. The number of benzene rings is 1. The molecule has 2 aromatic heterocycles. The maximum atomic E-state index is 10.8. The molecule has 2 fully saturated rings. The SMILES string of the molecule is Cc1cc(N2C[C@H]3C[C@@H](Oc4ccc5c(c4)OCO5)[C@H](O)C[C@H]3C2)c2nncn2n1. The first kappa shape index (κ1) is 17.8. The number of aliphatic hydroxyl groups is 1. The van der Waals surface area contributed by atoms with Crippen LogP contribution >= 0.6 is 0 Å². The van der Waals surface area contributed by atoms with E-state index in [0.717, 1.165) is 48.7 Å². The molecule has 2 aliphatic heterocycles. The van der Waals surface area contributed by atoms with Gasteiger partial charge in [-0.05, 0) is 49.8 Å². The van der Waals surface area contributed by atoms with Crippen LogP contribution in [0.3, 0.4) is 0 Å². The molecule has 1 N–H and O–H groups in total. The van der Waals surface area contributed by atoms with E-state index < -0.39 is 6.10 Å². The Kier molecular flexibility index (Phi) is 3.98. The molecule has 0 unspecified atom stereocenters. The first-order valence-electron chi connectivity index (χ1n) is 10.3. The van der Waals surface area contributed by atoms with Crippen LogP contribution in [-0.2, 0) is 0 Å². The summed E-state index contributed by atoms with van der Waals surface area (Å²) in [4.78, 5) is 2.35. The normalized spacial score (nSPS) is 27.5. The average molecular weight is 409 g/mol. The van der Waals surface area contributed by atoms with E-state index in [1.807, 2.05) is 25.1 Å². The highest BCUT2D eigenvalue weighted by Crippen LogP contribution is 2.41. The minimum Gasteiger partial charge on any atom is -0.488 e. The van der Waals surface area contributed by atoms with E-state index in [1.165, 1.54) is 0 Å². The van der Waals surface area contributed by atoms with Crippen LogP contribution in [0.5, 0.6) is 17.2 Å². The van der Waals surface area contributed by atoms with E-state index in [4.69, 9.17) is 14.2 Å². The molecule has 9 heteroatoms. The molecule has 30 heavy (non-hydrogen) atoms. The average Bonchev–Trinajstić information content (AvgIpc) is 3.46. The smallest absolute Gasteiger partial charge is 0.231 e. The van der Waals surface area contributed by atoms with Crippen LogP contribution in [0.15, 0.2) is 30.6 Å². The molecule has 9 nitrogen and oxygen atoms in total. The molecule has 4 atom stereocenters. The van der Waals surface area contributed by atoms with Gasteiger partial charge in [0.05, 0.1) is 17.5 Å². The highest BCUT2D eigenvalue weighted by molar-refractivity contribution is 5.68. The lowest BCUT2D eigenvalue weighted by Gasteiger charge is -2.35. The van der Waals surface area contributed by atoms with Crippen LogP contribution < -0.4 is 19.1 Å². The minimum absolute atomic E-state index is 0.234. The Morgan fingerprint density at radius 3 is 2.83 bits per heavy atom. The summed E-state index contributed by atoms with van der Waals surface area (Å²) in [5.41, 5.74) is 2.75. The first-order chi connectivity index (χ1) is 14.6. The van der Waals surface area contributed by atoms with Crippen molar-refractivity contribution in [1.29, 1.82) is 0 Å². The second-order valence-electron chi connectivity index (χ2n) is 8.41. The van der Waals surface area contributed by atoms with Crippen molar-refractivity contribution in [1.82, 2.24) is 19.8 Å². The fourth-order valence-corrected chi connectivity index (χ4v) is 5.00. The number of hydrogen-bond acceptors (Lipinski definition) is 8. The van der Waals surface area contributed by atoms with Gasteiger partial charge in [-0.15, -0.1) is 10.2 Å². The molecule has 3 aliphatic rings. The monoisotopic (exact) mass is 409 g/mol. The van der Waals surface area contributed by atoms with Crippen LogP contribution in [0.25, 0.3) is 5.65 Å². The molecule has 156 valence electrons. The van der Waals surface area contributed by atoms with E-state index in [2.05, 4.69) is 26.3 Å². The number of fused-ring (bicyclic) bond motifs is 3. The third kappa shape index (κ3) is 2.92. The van der Waals surface area contributed by atoms with Crippen molar-refractivity contribution in [2.45, 2.75) is 32.0 Å². The van der Waals surface area contributed by atoms with Gasteiger partial charge >= 0.3 is 0 Å². The quantitative estimate of drug-likeness (QED) is 0.700. The Morgan fingerprint density at radius 2 is 1.93 bits per heavy atom. The standard InChI is InChI=1S/C21H23N5O4/c1-12-4-16(21-23-22-10-26(21)24-12)25-8-13-5-17(27)19(6-14(13)9-25)30-15-2-3-18-20(7-15)29-11-28-18/h2-4,7,10,13-14,17,19,27H,5-6,8-9,11H2,1H3/t13-,14+,17+,19+/m0/s1. The Balaban J connectivity index is 1.20. The number of aromatic nitrogens is 4. The topological polar surface area (TPSA) is 94.2 Å². The summed E-state index contributed by atoms with van der Waals surface area (Å²) in [7, 11) is 0. The summed E-state index contributed by atoms with van der Waals surface area (Å²) in [6, 6.07) is 7.62. The maximum absolute atomic E-state index is 10.8. The summed E-state index contributed by atoms with van der Waals surface area (Å²) in [6.45, 7) is 4.01. The lowest BCUT2D eigenvalue weighted by atomic mass is 9.78. The Hall–Kier alpha value is -3.07. The molecule has 1 aromatic carbocycles. The fourth-order valence-electron chi connectivity index (χ4n) is 5.00. The van der Waals surface area contributed by atoms with Gasteiger partial charge in [-0.3, -0.25) is 0 Å². The Bertz CT molecular complexity index is 1100. The summed E-state index contributed by atoms with van der Waals surface area (Å²) < 4.78 is 18.7. The molecule has 1 saturated carbocycles. The van der Waals surface area contributed by atoms with Gasteiger partial charge in [0.25, 0.3) is 0 Å². The second-order valence-corrected chi connectivity index (χ2v) is 8.41. The lowest BCUT2D eigenvalue weighted by molar-refractivity contribution is -0.0232. The molecular formula is C21H23N5O4. The van der Waals surface area contributed by atoms with Crippen molar-refractivity contribution in [2.75, 3.05) is 24.8 Å². The highest BCUT2D eigenvalue weighted by atomic mass is 16.7. The number of nitrogens with zero attached hydrogens (tertiary/aromatic N) is 5. The summed E-state index contributed by atoms with van der Waals surface area (Å²) in [5.74, 6) is 2.99. The minimum atomic E-state index is -0.496. The molecule has 0 radical (unpaired) electrons. The van der Waals surface area contributed by atoms with E-state index >= 15 is 0 Å². The molecule has 0 bridgehead atoms. The number of aryl methyl sites for hydroxylation is 1. The molecule has 4 heterocycles. The third-order valence-corrected chi connectivity index (χ3v) is 6.43. The largest absolute Gasteiger partial charge is 0.488 e. The first-order valence-corrected chi connectivity index (χ1v) is 10.3. The number of ether oxygens (including phenoxy) is 3. The molecule has 0 spiro atoms. The summed E-state index contributed by atoms with van der Waals surface area (Å²) in [5, 5.41) is 23.5. The number of rotatable bonds is 3. The van der Waals surface area contributed by atoms with Crippen LogP contribution in [0.2, 0.25) is 0 Å². The van der Waals surface area contributed by atoms with Gasteiger partial charge in [0.2, 0.25) is 12.4 Å². The van der Waals surface area contributed by atoms with Crippen molar-refractivity contribution in [2.24, 2.45) is 11.8 Å². The van der Waals surface area contributed by atoms with E-state index in [-0.39, 0.29) is 12.9 Å². The Labute approximate surface area is 173 Å². The maximum Gasteiger partial charge on any atom is 0.231 e. The Morgan fingerprint density at radius 1 is 1.10 bits per heavy atom. The van der Waals surface area contributed by atoms with Gasteiger partial charge in [0.15, 0.2) is 11.5 Å². The van der Waals surface area contributed by atoms with Crippen molar-refractivity contribution in [3.8, 4) is 17.2 Å². The summed E-state index contributed by atoms with van der Waals surface area (Å²) in [6.07, 6.45) is 2.43. The molecule has 1 aliphatic carbocycles. The third-order valence-electron chi connectivity index (χ3n) is 6.43. The van der Waals surface area contributed by atoms with E-state index in [1.54, 1.807) is 10.8 Å². The zero-order valence-corrected chi connectivity index (χ0v) is 16.6.